The molecular formula is C22H23NO4S. The Morgan fingerprint density at radius 2 is 1.71 bits per heavy atom. The Labute approximate surface area is 165 Å². The minimum atomic E-state index is -3.64. The molecule has 4 rings (SSSR count). The van der Waals surface area contributed by atoms with Crippen LogP contribution in [0.3, 0.4) is 0 Å². The zero-order chi connectivity index (χ0) is 19.7. The first-order valence-electron chi connectivity index (χ1n) is 9.27. The molecule has 0 saturated carbocycles. The van der Waals surface area contributed by atoms with Gasteiger partial charge in [-0.05, 0) is 53.9 Å². The van der Waals surface area contributed by atoms with Gasteiger partial charge in [0.25, 0.3) is 0 Å². The predicted octanol–water partition coefficient (Wildman–Crippen LogP) is 4.38. The first kappa shape index (κ1) is 18.8. The van der Waals surface area contributed by atoms with Gasteiger partial charge in [-0.25, -0.2) is 8.42 Å². The van der Waals surface area contributed by atoms with Crippen LogP contribution in [0.5, 0.6) is 11.5 Å². The molecule has 146 valence electrons. The molecule has 1 fully saturated rings. The molecule has 28 heavy (non-hydrogen) atoms. The minimum absolute atomic E-state index is 0.276. The topological polar surface area (TPSA) is 55.8 Å². The lowest BCUT2D eigenvalue weighted by atomic mass is 10.0. The van der Waals surface area contributed by atoms with Gasteiger partial charge in [-0.3, -0.25) is 0 Å². The number of sulfonamides is 1. The van der Waals surface area contributed by atoms with Gasteiger partial charge in [0.15, 0.2) is 0 Å². The fourth-order valence-corrected chi connectivity index (χ4v) is 5.61. The molecule has 0 N–H and O–H groups in total. The number of hydrogen-bond donors (Lipinski definition) is 0. The molecule has 3 aromatic carbocycles. The van der Waals surface area contributed by atoms with E-state index in [0.29, 0.717) is 22.9 Å². The monoisotopic (exact) mass is 397 g/mol. The zero-order valence-corrected chi connectivity index (χ0v) is 16.8. The van der Waals surface area contributed by atoms with Crippen LogP contribution in [-0.4, -0.2) is 33.5 Å². The van der Waals surface area contributed by atoms with Crippen molar-refractivity contribution in [1.82, 2.24) is 4.31 Å². The van der Waals surface area contributed by atoms with E-state index in [1.54, 1.807) is 30.7 Å². The number of fused-ring (bicyclic) bond motifs is 1. The zero-order valence-electron chi connectivity index (χ0n) is 16.0. The Hall–Kier alpha value is -2.57. The van der Waals surface area contributed by atoms with Crippen molar-refractivity contribution >= 4 is 20.8 Å². The van der Waals surface area contributed by atoms with E-state index in [-0.39, 0.29) is 6.04 Å². The Kier molecular flexibility index (Phi) is 5.00. The molecule has 5 nitrogen and oxygen atoms in total. The van der Waals surface area contributed by atoms with Crippen LogP contribution in [0.15, 0.2) is 65.6 Å². The van der Waals surface area contributed by atoms with Crippen LogP contribution >= 0.6 is 0 Å². The molecule has 1 saturated heterocycles. The summed E-state index contributed by atoms with van der Waals surface area (Å²) in [5.41, 5.74) is 0.837. The summed E-state index contributed by atoms with van der Waals surface area (Å²) in [7, 11) is -0.434. The Bertz CT molecular complexity index is 1110. The number of ether oxygens (including phenoxy) is 2. The third kappa shape index (κ3) is 3.23. The molecular weight excluding hydrogens is 374 g/mol. The Morgan fingerprint density at radius 1 is 0.929 bits per heavy atom. The highest BCUT2D eigenvalue weighted by atomic mass is 32.2. The highest BCUT2D eigenvalue weighted by Crippen LogP contribution is 2.41. The standard InChI is InChI=1S/C22H23NO4S/c1-26-18-10-12-22(27-2)20(15-18)21-8-5-13-23(21)28(24,25)19-11-9-16-6-3-4-7-17(16)14-19/h3-4,6-7,9-12,14-15,21H,5,8,13H2,1-2H3/t21-/m0/s1. The maximum atomic E-state index is 13.5. The molecule has 0 aliphatic carbocycles. The van der Waals surface area contributed by atoms with Crippen LogP contribution in [-0.2, 0) is 10.0 Å². The fourth-order valence-electron chi connectivity index (χ4n) is 3.90. The maximum Gasteiger partial charge on any atom is 0.243 e. The smallest absolute Gasteiger partial charge is 0.243 e. The maximum absolute atomic E-state index is 13.5. The summed E-state index contributed by atoms with van der Waals surface area (Å²) in [6.45, 7) is 0.486. The van der Waals surface area contributed by atoms with Crippen molar-refractivity contribution < 1.29 is 17.9 Å². The summed E-state index contributed by atoms with van der Waals surface area (Å²) in [6, 6.07) is 18.3. The number of nitrogens with zero attached hydrogens (tertiary/aromatic N) is 1. The summed E-state index contributed by atoms with van der Waals surface area (Å²) >= 11 is 0. The fraction of sp³-hybridized carbons (Fsp3) is 0.273. The summed E-state index contributed by atoms with van der Waals surface area (Å²) < 4.78 is 39.4. The van der Waals surface area contributed by atoms with E-state index in [1.165, 1.54) is 0 Å². The lowest BCUT2D eigenvalue weighted by Gasteiger charge is -2.26. The molecule has 0 bridgehead atoms. The van der Waals surface area contributed by atoms with E-state index in [0.717, 1.165) is 29.2 Å². The van der Waals surface area contributed by atoms with E-state index in [4.69, 9.17) is 9.47 Å². The quantitative estimate of drug-likeness (QED) is 0.641. The normalized spacial score (nSPS) is 17.7. The van der Waals surface area contributed by atoms with Crippen LogP contribution in [0.25, 0.3) is 10.8 Å². The van der Waals surface area contributed by atoms with Crippen molar-refractivity contribution in [2.45, 2.75) is 23.8 Å². The second kappa shape index (κ2) is 7.45. The van der Waals surface area contributed by atoms with Crippen molar-refractivity contribution in [3.63, 3.8) is 0 Å². The number of methoxy groups -OCH3 is 2. The van der Waals surface area contributed by atoms with Crippen LogP contribution in [0.1, 0.15) is 24.4 Å². The van der Waals surface area contributed by atoms with E-state index in [9.17, 15) is 8.42 Å². The molecule has 0 aromatic heterocycles. The molecule has 6 heteroatoms. The van der Waals surface area contributed by atoms with Gasteiger partial charge in [-0.1, -0.05) is 30.3 Å². The van der Waals surface area contributed by atoms with Gasteiger partial charge in [0.1, 0.15) is 11.5 Å². The summed E-state index contributed by atoms with van der Waals surface area (Å²) in [5, 5.41) is 1.94. The van der Waals surface area contributed by atoms with Crippen LogP contribution in [0.4, 0.5) is 0 Å². The summed E-state index contributed by atoms with van der Waals surface area (Å²) in [6.07, 6.45) is 1.55. The molecule has 0 unspecified atom stereocenters. The van der Waals surface area contributed by atoms with Crippen molar-refractivity contribution in [3.8, 4) is 11.5 Å². The number of benzene rings is 3. The second-order valence-electron chi connectivity index (χ2n) is 6.89. The lowest BCUT2D eigenvalue weighted by molar-refractivity contribution is 0.362. The van der Waals surface area contributed by atoms with Gasteiger partial charge >= 0.3 is 0 Å². The van der Waals surface area contributed by atoms with Gasteiger partial charge in [0.05, 0.1) is 25.2 Å². The average Bonchev–Trinajstić information content (AvgIpc) is 3.23. The van der Waals surface area contributed by atoms with Crippen molar-refractivity contribution in [2.24, 2.45) is 0 Å². The molecule has 0 spiro atoms. The third-order valence-corrected chi connectivity index (χ3v) is 7.23. The summed E-state index contributed by atoms with van der Waals surface area (Å²) in [4.78, 5) is 0.319. The minimum Gasteiger partial charge on any atom is -0.497 e. The molecule has 1 aliphatic rings. The van der Waals surface area contributed by atoms with Crippen LogP contribution in [0.2, 0.25) is 0 Å². The largest absolute Gasteiger partial charge is 0.497 e. The first-order chi connectivity index (χ1) is 13.5. The molecule has 0 amide bonds. The van der Waals surface area contributed by atoms with Gasteiger partial charge in [0.2, 0.25) is 10.0 Å². The number of rotatable bonds is 5. The van der Waals surface area contributed by atoms with Crippen molar-refractivity contribution in [1.29, 1.82) is 0 Å². The van der Waals surface area contributed by atoms with Gasteiger partial charge < -0.3 is 9.47 Å². The van der Waals surface area contributed by atoms with E-state index in [2.05, 4.69) is 0 Å². The van der Waals surface area contributed by atoms with Crippen molar-refractivity contribution in [3.05, 3.63) is 66.2 Å². The molecule has 3 aromatic rings. The molecule has 1 atom stereocenters. The van der Waals surface area contributed by atoms with Crippen LogP contribution < -0.4 is 9.47 Å². The van der Waals surface area contributed by atoms with Crippen LogP contribution in [0, 0.1) is 0 Å². The molecule has 0 radical (unpaired) electrons. The molecule has 1 heterocycles. The second-order valence-corrected chi connectivity index (χ2v) is 8.78. The summed E-state index contributed by atoms with van der Waals surface area (Å²) in [5.74, 6) is 1.36. The number of hydrogen-bond acceptors (Lipinski definition) is 4. The molecule has 1 aliphatic heterocycles. The first-order valence-corrected chi connectivity index (χ1v) is 10.7. The van der Waals surface area contributed by atoms with E-state index in [1.807, 2.05) is 48.5 Å². The van der Waals surface area contributed by atoms with Gasteiger partial charge in [0, 0.05) is 12.1 Å². The Morgan fingerprint density at radius 3 is 2.46 bits per heavy atom. The SMILES string of the molecule is COc1ccc(OC)c([C@@H]2CCCN2S(=O)(=O)c2ccc3ccccc3c2)c1. The average molecular weight is 397 g/mol. The lowest BCUT2D eigenvalue weighted by Crippen LogP contribution is -2.31. The Balaban J connectivity index is 1.76. The van der Waals surface area contributed by atoms with Gasteiger partial charge in [-0.2, -0.15) is 4.31 Å². The highest BCUT2D eigenvalue weighted by molar-refractivity contribution is 7.89. The predicted molar refractivity (Wildman–Crippen MR) is 109 cm³/mol. The third-order valence-electron chi connectivity index (χ3n) is 5.33. The van der Waals surface area contributed by atoms with E-state index < -0.39 is 10.0 Å². The van der Waals surface area contributed by atoms with E-state index >= 15 is 0 Å². The van der Waals surface area contributed by atoms with Gasteiger partial charge in [-0.15, -0.1) is 0 Å². The van der Waals surface area contributed by atoms with Crippen molar-refractivity contribution in [2.75, 3.05) is 20.8 Å². The highest BCUT2D eigenvalue weighted by Gasteiger charge is 2.37.